The summed E-state index contributed by atoms with van der Waals surface area (Å²) in [7, 11) is 0. The largest absolute Gasteiger partial charge is 0.342 e. The quantitative estimate of drug-likeness (QED) is 0.462. The Hall–Kier alpha value is -1.83. The molecule has 2 aromatic rings. The van der Waals surface area contributed by atoms with Crippen molar-refractivity contribution in [3.8, 4) is 0 Å². The van der Waals surface area contributed by atoms with Gasteiger partial charge in [-0.2, -0.15) is 16.9 Å². The molecule has 5 nitrogen and oxygen atoms in total. The number of ketones is 1. The lowest BCUT2D eigenvalue weighted by Crippen LogP contribution is -2.42. The van der Waals surface area contributed by atoms with E-state index in [1.54, 1.807) is 43.0 Å². The van der Waals surface area contributed by atoms with Gasteiger partial charge >= 0.3 is 6.03 Å². The third kappa shape index (κ3) is 5.07. The van der Waals surface area contributed by atoms with Crippen LogP contribution in [0.25, 0.3) is 0 Å². The number of anilines is 1. The van der Waals surface area contributed by atoms with E-state index in [1.165, 1.54) is 5.01 Å². The normalized spacial score (nSPS) is 18.3. The van der Waals surface area contributed by atoms with Gasteiger partial charge in [-0.15, -0.1) is 0 Å². The minimum atomic E-state index is -0.833. The van der Waals surface area contributed by atoms with Crippen molar-refractivity contribution < 1.29 is 9.59 Å². The summed E-state index contributed by atoms with van der Waals surface area (Å²) in [5, 5.41) is 9.45. The van der Waals surface area contributed by atoms with Crippen LogP contribution in [0.4, 0.5) is 10.5 Å². The van der Waals surface area contributed by atoms with Crippen LogP contribution >= 0.6 is 39.3 Å². The van der Waals surface area contributed by atoms with Crippen LogP contribution in [0.1, 0.15) is 25.3 Å². The maximum atomic E-state index is 12.9. The third-order valence-corrected chi connectivity index (χ3v) is 6.64. The van der Waals surface area contributed by atoms with Crippen LogP contribution < -0.4 is 5.32 Å². The van der Waals surface area contributed by atoms with Crippen molar-refractivity contribution in [2.24, 2.45) is 10.5 Å². The van der Waals surface area contributed by atoms with E-state index in [0.29, 0.717) is 22.8 Å². The molecule has 0 bridgehead atoms. The molecule has 158 valence electrons. The molecular weight excluding hydrogens is 486 g/mol. The van der Waals surface area contributed by atoms with Crippen LogP contribution in [0, 0.1) is 5.41 Å². The highest BCUT2D eigenvalue weighted by atomic mass is 79.9. The van der Waals surface area contributed by atoms with E-state index in [9.17, 15) is 9.59 Å². The highest BCUT2D eigenvalue weighted by Crippen LogP contribution is 2.38. The van der Waals surface area contributed by atoms with Gasteiger partial charge in [-0.05, 0) is 73.7 Å². The van der Waals surface area contributed by atoms with E-state index in [4.69, 9.17) is 11.6 Å². The van der Waals surface area contributed by atoms with Crippen molar-refractivity contribution in [3.05, 3.63) is 63.6 Å². The Morgan fingerprint density at radius 1 is 1.20 bits per heavy atom. The van der Waals surface area contributed by atoms with Crippen molar-refractivity contribution in [2.75, 3.05) is 23.9 Å². The van der Waals surface area contributed by atoms with Crippen LogP contribution in [0.5, 0.6) is 0 Å². The lowest BCUT2D eigenvalue weighted by molar-refractivity contribution is -0.123. The minimum Gasteiger partial charge on any atom is -0.306 e. The number of nitrogens with one attached hydrogen (secondary N) is 1. The highest BCUT2D eigenvalue weighted by Gasteiger charge is 2.48. The molecule has 0 saturated carbocycles. The smallest absolute Gasteiger partial charge is 0.306 e. The molecule has 8 heteroatoms. The summed E-state index contributed by atoms with van der Waals surface area (Å²) in [6, 6.07) is 14.2. The summed E-state index contributed by atoms with van der Waals surface area (Å²) in [6.45, 7) is 1.80. The number of hydrogen-bond acceptors (Lipinski definition) is 4. The molecule has 0 radical (unpaired) electrons. The summed E-state index contributed by atoms with van der Waals surface area (Å²) in [4.78, 5) is 25.8. The molecule has 1 atom stereocenters. The van der Waals surface area contributed by atoms with Gasteiger partial charge in [0.1, 0.15) is 5.78 Å². The second-order valence-corrected chi connectivity index (χ2v) is 9.52. The van der Waals surface area contributed by atoms with Crippen molar-refractivity contribution in [1.29, 1.82) is 0 Å². The number of nitrogens with zero attached hydrogens (tertiary/aromatic N) is 2. The molecule has 0 aromatic heterocycles. The van der Waals surface area contributed by atoms with Gasteiger partial charge in [0.2, 0.25) is 0 Å². The summed E-state index contributed by atoms with van der Waals surface area (Å²) in [6.07, 6.45) is 3.53. The fourth-order valence-corrected chi connectivity index (χ4v) is 4.36. The predicted molar refractivity (Wildman–Crippen MR) is 129 cm³/mol. The van der Waals surface area contributed by atoms with Crippen molar-refractivity contribution >= 4 is 62.5 Å². The second-order valence-electron chi connectivity index (χ2n) is 7.18. The topological polar surface area (TPSA) is 61.8 Å². The summed E-state index contributed by atoms with van der Waals surface area (Å²) < 4.78 is 0.925. The van der Waals surface area contributed by atoms with Crippen molar-refractivity contribution in [2.45, 2.75) is 19.8 Å². The molecule has 1 aliphatic heterocycles. The van der Waals surface area contributed by atoms with Crippen LogP contribution in [0.15, 0.2) is 58.1 Å². The number of halogens is 2. The van der Waals surface area contributed by atoms with Gasteiger partial charge in [-0.25, -0.2) is 9.80 Å². The Morgan fingerprint density at radius 3 is 2.47 bits per heavy atom. The number of hydrazone groups is 1. The van der Waals surface area contributed by atoms with E-state index in [2.05, 4.69) is 26.3 Å². The number of benzene rings is 2. The fourth-order valence-electron chi connectivity index (χ4n) is 3.53. The molecule has 0 fully saturated rings. The molecule has 2 amide bonds. The van der Waals surface area contributed by atoms with E-state index >= 15 is 0 Å². The second kappa shape index (κ2) is 9.98. The first kappa shape index (κ1) is 22.8. The third-order valence-electron chi connectivity index (χ3n) is 5.17. The van der Waals surface area contributed by atoms with Gasteiger partial charge in [0.25, 0.3) is 0 Å². The summed E-state index contributed by atoms with van der Waals surface area (Å²) in [5.41, 5.74) is 1.26. The average molecular weight is 509 g/mol. The van der Waals surface area contributed by atoms with E-state index in [-0.39, 0.29) is 18.4 Å². The Bertz CT molecular complexity index is 950. The lowest BCUT2D eigenvalue weighted by atomic mass is 9.73. The first-order valence-corrected chi connectivity index (χ1v) is 12.1. The number of Topliss-reactive ketones (excluding diaryl/α,β-unsaturated/α-hetero) is 1. The summed E-state index contributed by atoms with van der Waals surface area (Å²) >= 11 is 11.2. The van der Waals surface area contributed by atoms with Crippen molar-refractivity contribution in [1.82, 2.24) is 5.01 Å². The zero-order valence-corrected chi connectivity index (χ0v) is 20.0. The number of hydrogen-bond donors (Lipinski definition) is 1. The molecule has 1 N–H and O–H groups in total. The number of carbonyl (C=O) groups excluding carboxylic acids is 2. The Balaban J connectivity index is 1.93. The van der Waals surface area contributed by atoms with Crippen LogP contribution in [0.2, 0.25) is 5.02 Å². The maximum Gasteiger partial charge on any atom is 0.342 e. The lowest BCUT2D eigenvalue weighted by Gasteiger charge is -2.28. The molecule has 1 heterocycles. The van der Waals surface area contributed by atoms with Crippen LogP contribution in [-0.4, -0.2) is 41.1 Å². The minimum absolute atomic E-state index is 0.0104. The first-order chi connectivity index (χ1) is 14.4. The first-order valence-electron chi connectivity index (χ1n) is 9.55. The van der Waals surface area contributed by atoms with E-state index in [1.807, 2.05) is 30.5 Å². The zero-order valence-electron chi connectivity index (χ0n) is 16.8. The Kier molecular flexibility index (Phi) is 7.60. The molecular formula is C22H23BrClN3O2S. The Labute approximate surface area is 194 Å². The van der Waals surface area contributed by atoms with Crippen LogP contribution in [-0.2, 0) is 4.79 Å². The van der Waals surface area contributed by atoms with Gasteiger partial charge in [-0.3, -0.25) is 4.79 Å². The Morgan fingerprint density at radius 2 is 1.87 bits per heavy atom. The number of rotatable bonds is 7. The molecule has 1 unspecified atom stereocenters. The molecule has 2 aromatic carbocycles. The SMILES string of the molecule is CSCCCC1(C(C)=O)CN(C(=O)Nc2ccc(Br)cc2)N=C1c1ccc(Cl)cc1. The zero-order chi connectivity index (χ0) is 21.7. The fraction of sp³-hybridized carbons (Fsp3) is 0.318. The predicted octanol–water partition coefficient (Wildman–Crippen LogP) is 6.07. The molecule has 30 heavy (non-hydrogen) atoms. The molecule has 0 spiro atoms. The molecule has 0 saturated heterocycles. The van der Waals surface area contributed by atoms with Gasteiger partial charge in [0.05, 0.1) is 17.7 Å². The monoisotopic (exact) mass is 507 g/mol. The number of carbonyl (C=O) groups is 2. The van der Waals surface area contributed by atoms with E-state index < -0.39 is 5.41 Å². The number of urea groups is 1. The molecule has 1 aliphatic rings. The van der Waals surface area contributed by atoms with Crippen molar-refractivity contribution in [3.63, 3.8) is 0 Å². The average Bonchev–Trinajstić information content (AvgIpc) is 3.12. The molecule has 0 aliphatic carbocycles. The van der Waals surface area contributed by atoms with Crippen LogP contribution in [0.3, 0.4) is 0 Å². The van der Waals surface area contributed by atoms with Gasteiger partial charge in [0, 0.05) is 15.2 Å². The van der Waals surface area contributed by atoms with Gasteiger partial charge in [-0.1, -0.05) is 39.7 Å². The summed E-state index contributed by atoms with van der Waals surface area (Å²) in [5.74, 6) is 0.949. The standard InChI is InChI=1S/C22H23BrClN3O2S/c1-15(28)22(12-3-13-30-2)14-27(21(29)25-19-10-6-17(23)7-11-19)26-20(22)16-4-8-18(24)9-5-16/h4-11H,3,12-14H2,1-2H3,(H,25,29). The van der Waals surface area contributed by atoms with E-state index in [0.717, 1.165) is 22.2 Å². The highest BCUT2D eigenvalue weighted by molar-refractivity contribution is 9.10. The molecule has 3 rings (SSSR count). The number of amides is 2. The number of thioether (sulfide) groups is 1. The van der Waals surface area contributed by atoms with Gasteiger partial charge in [0.15, 0.2) is 0 Å². The van der Waals surface area contributed by atoms with Gasteiger partial charge < -0.3 is 5.32 Å². The maximum absolute atomic E-state index is 12.9.